The van der Waals surface area contributed by atoms with Crippen LogP contribution in [0.3, 0.4) is 0 Å². The third kappa shape index (κ3) is 5.12. The lowest BCUT2D eigenvalue weighted by Gasteiger charge is -2.32. The highest BCUT2D eigenvalue weighted by atomic mass is 16.2. The predicted molar refractivity (Wildman–Crippen MR) is 80.0 cm³/mol. The van der Waals surface area contributed by atoms with Gasteiger partial charge in [0.05, 0.1) is 6.54 Å². The van der Waals surface area contributed by atoms with Crippen LogP contribution in [-0.4, -0.2) is 42.9 Å². The van der Waals surface area contributed by atoms with Gasteiger partial charge in [-0.05, 0) is 31.6 Å². The van der Waals surface area contributed by atoms with Crippen molar-refractivity contribution in [3.05, 3.63) is 0 Å². The normalized spacial score (nSPS) is 24.0. The number of hydrogen-bond acceptors (Lipinski definition) is 3. The highest BCUT2D eigenvalue weighted by Crippen LogP contribution is 2.30. The van der Waals surface area contributed by atoms with E-state index in [1.807, 2.05) is 13.8 Å². The van der Waals surface area contributed by atoms with Crippen LogP contribution in [0.1, 0.15) is 46.0 Å². The summed E-state index contributed by atoms with van der Waals surface area (Å²) in [6.45, 7) is 4.77. The fourth-order valence-electron chi connectivity index (χ4n) is 2.88. The number of nitrogens with one attached hydrogen (secondary N) is 1. The molecule has 0 heterocycles. The maximum Gasteiger partial charge on any atom is 0.239 e. The van der Waals surface area contributed by atoms with E-state index >= 15 is 0 Å². The van der Waals surface area contributed by atoms with E-state index in [-0.39, 0.29) is 30.3 Å². The maximum absolute atomic E-state index is 12.4. The maximum atomic E-state index is 12.4. The van der Waals surface area contributed by atoms with E-state index in [1.54, 1.807) is 7.05 Å². The lowest BCUT2D eigenvalue weighted by molar-refractivity contribution is -0.139. The third-order valence-corrected chi connectivity index (χ3v) is 4.18. The summed E-state index contributed by atoms with van der Waals surface area (Å²) in [5.74, 6) is 0.267. The number of hydrogen-bond donors (Lipinski definition) is 2. The fraction of sp³-hybridized carbons (Fsp3) is 0.867. The van der Waals surface area contributed by atoms with E-state index in [1.165, 1.54) is 4.90 Å². The quantitative estimate of drug-likeness (QED) is 0.767. The van der Waals surface area contributed by atoms with Gasteiger partial charge in [0.25, 0.3) is 0 Å². The first-order valence-corrected chi connectivity index (χ1v) is 7.73. The lowest BCUT2D eigenvalue weighted by atomic mass is 9.78. The molecule has 1 fully saturated rings. The summed E-state index contributed by atoms with van der Waals surface area (Å²) in [7, 11) is 1.70. The van der Waals surface area contributed by atoms with E-state index in [4.69, 9.17) is 5.73 Å². The highest BCUT2D eigenvalue weighted by Gasteiger charge is 2.30. The summed E-state index contributed by atoms with van der Waals surface area (Å²) in [5, 5.41) is 2.79. The third-order valence-electron chi connectivity index (χ3n) is 4.18. The molecular formula is C15H29N3O2. The number of nitrogens with two attached hydrogens (primary N) is 1. The van der Waals surface area contributed by atoms with Crippen LogP contribution in [0, 0.1) is 11.8 Å². The molecule has 1 rings (SSSR count). The Morgan fingerprint density at radius 2 is 2.10 bits per heavy atom. The molecule has 1 saturated carbocycles. The molecule has 0 radical (unpaired) electrons. The van der Waals surface area contributed by atoms with Crippen LogP contribution in [0.25, 0.3) is 0 Å². The van der Waals surface area contributed by atoms with Gasteiger partial charge in [0.2, 0.25) is 11.8 Å². The average Bonchev–Trinajstić information content (AvgIpc) is 2.43. The second kappa shape index (κ2) is 8.25. The second-order valence-corrected chi connectivity index (χ2v) is 6.02. The Morgan fingerprint density at radius 3 is 2.70 bits per heavy atom. The van der Waals surface area contributed by atoms with Crippen LogP contribution >= 0.6 is 0 Å². The molecule has 116 valence electrons. The van der Waals surface area contributed by atoms with Crippen molar-refractivity contribution in [2.24, 2.45) is 17.6 Å². The van der Waals surface area contributed by atoms with Gasteiger partial charge in [-0.25, -0.2) is 0 Å². The van der Waals surface area contributed by atoms with Crippen LogP contribution in [0.2, 0.25) is 0 Å². The smallest absolute Gasteiger partial charge is 0.239 e. The number of rotatable bonds is 6. The van der Waals surface area contributed by atoms with Crippen LogP contribution < -0.4 is 11.1 Å². The van der Waals surface area contributed by atoms with E-state index in [0.29, 0.717) is 12.5 Å². The Balaban J connectivity index is 2.44. The van der Waals surface area contributed by atoms with E-state index < -0.39 is 0 Å². The minimum Gasteiger partial charge on any atom is -0.355 e. The average molecular weight is 283 g/mol. The van der Waals surface area contributed by atoms with Crippen molar-refractivity contribution in [3.8, 4) is 0 Å². The van der Waals surface area contributed by atoms with Gasteiger partial charge < -0.3 is 16.0 Å². The number of carbonyl (C=O) groups excluding carboxylic acids is 2. The SMILES string of the molecule is CCCNC(=O)CN(C)C(=O)C(C)C1CCCC(N)C1. The Morgan fingerprint density at radius 1 is 1.40 bits per heavy atom. The minimum absolute atomic E-state index is 0.0506. The van der Waals surface area contributed by atoms with Gasteiger partial charge in [-0.2, -0.15) is 0 Å². The lowest BCUT2D eigenvalue weighted by Crippen LogP contribution is -2.43. The highest BCUT2D eigenvalue weighted by molar-refractivity contribution is 5.85. The zero-order chi connectivity index (χ0) is 15.1. The van der Waals surface area contributed by atoms with Gasteiger partial charge >= 0.3 is 0 Å². The Labute approximate surface area is 122 Å². The van der Waals surface area contributed by atoms with Crippen molar-refractivity contribution in [1.82, 2.24) is 10.2 Å². The van der Waals surface area contributed by atoms with Crippen molar-refractivity contribution < 1.29 is 9.59 Å². The first-order chi connectivity index (χ1) is 9.45. The molecule has 3 atom stereocenters. The zero-order valence-electron chi connectivity index (χ0n) is 13.0. The summed E-state index contributed by atoms with van der Waals surface area (Å²) in [4.78, 5) is 25.5. The molecule has 0 saturated heterocycles. The summed E-state index contributed by atoms with van der Waals surface area (Å²) >= 11 is 0. The van der Waals surface area contributed by atoms with Crippen LogP contribution in [-0.2, 0) is 9.59 Å². The first-order valence-electron chi connectivity index (χ1n) is 7.73. The molecule has 20 heavy (non-hydrogen) atoms. The molecule has 1 aliphatic rings. The van der Waals surface area contributed by atoms with Crippen molar-refractivity contribution in [1.29, 1.82) is 0 Å². The number of nitrogens with zero attached hydrogens (tertiary/aromatic N) is 1. The van der Waals surface area contributed by atoms with Gasteiger partial charge in [-0.3, -0.25) is 9.59 Å². The standard InChI is InChI=1S/C15H29N3O2/c1-4-8-17-14(19)10-18(3)15(20)11(2)12-6-5-7-13(16)9-12/h11-13H,4-10,16H2,1-3H3,(H,17,19). The van der Waals surface area contributed by atoms with E-state index in [9.17, 15) is 9.59 Å². The molecule has 0 aliphatic heterocycles. The zero-order valence-corrected chi connectivity index (χ0v) is 13.0. The van der Waals surface area contributed by atoms with Gasteiger partial charge in [-0.1, -0.05) is 20.3 Å². The van der Waals surface area contributed by atoms with Gasteiger partial charge in [0.15, 0.2) is 0 Å². The van der Waals surface area contributed by atoms with Crippen molar-refractivity contribution in [3.63, 3.8) is 0 Å². The monoisotopic (exact) mass is 283 g/mol. The van der Waals surface area contributed by atoms with Crippen molar-refractivity contribution >= 4 is 11.8 Å². The van der Waals surface area contributed by atoms with Crippen LogP contribution in [0.4, 0.5) is 0 Å². The summed E-state index contributed by atoms with van der Waals surface area (Å²) in [6, 6.07) is 0.224. The summed E-state index contributed by atoms with van der Waals surface area (Å²) < 4.78 is 0. The molecule has 0 aromatic heterocycles. The molecule has 5 nitrogen and oxygen atoms in total. The minimum atomic E-state index is -0.0877. The number of amides is 2. The predicted octanol–water partition coefficient (Wildman–Crippen LogP) is 1.12. The molecule has 2 amide bonds. The molecule has 0 bridgehead atoms. The van der Waals surface area contributed by atoms with Gasteiger partial charge in [-0.15, -0.1) is 0 Å². The Hall–Kier alpha value is -1.10. The number of carbonyl (C=O) groups is 2. The molecule has 0 aromatic carbocycles. The molecule has 0 aromatic rings. The van der Waals surface area contributed by atoms with Crippen molar-refractivity contribution in [2.75, 3.05) is 20.1 Å². The summed E-state index contributed by atoms with van der Waals surface area (Å²) in [5.41, 5.74) is 5.99. The van der Waals surface area contributed by atoms with Gasteiger partial charge in [0, 0.05) is 25.6 Å². The van der Waals surface area contributed by atoms with E-state index in [0.717, 1.165) is 32.1 Å². The molecule has 3 N–H and O–H groups in total. The topological polar surface area (TPSA) is 75.4 Å². The summed E-state index contributed by atoms with van der Waals surface area (Å²) in [6.07, 6.45) is 5.05. The Bertz CT molecular complexity index is 333. The van der Waals surface area contributed by atoms with E-state index in [2.05, 4.69) is 5.32 Å². The first kappa shape index (κ1) is 17.0. The Kier molecular flexibility index (Phi) is 6.99. The van der Waals surface area contributed by atoms with Crippen LogP contribution in [0.15, 0.2) is 0 Å². The van der Waals surface area contributed by atoms with Gasteiger partial charge in [0.1, 0.15) is 0 Å². The molecule has 1 aliphatic carbocycles. The van der Waals surface area contributed by atoms with Crippen molar-refractivity contribution in [2.45, 2.75) is 52.0 Å². The fourth-order valence-corrected chi connectivity index (χ4v) is 2.88. The second-order valence-electron chi connectivity index (χ2n) is 6.02. The number of likely N-dealkylation sites (N-methyl/N-ethyl adjacent to an activating group) is 1. The molecule has 5 heteroatoms. The van der Waals surface area contributed by atoms with Crippen LogP contribution in [0.5, 0.6) is 0 Å². The molecule has 3 unspecified atom stereocenters. The molecular weight excluding hydrogens is 254 g/mol. The largest absolute Gasteiger partial charge is 0.355 e. The molecule has 0 spiro atoms.